The Morgan fingerprint density at radius 2 is 2.16 bits per heavy atom. The van der Waals surface area contributed by atoms with Crippen LogP contribution < -0.4 is 4.74 Å². The molecule has 2 rings (SSSR count). The van der Waals surface area contributed by atoms with Crippen molar-refractivity contribution in [2.24, 2.45) is 0 Å². The molecule has 6 nitrogen and oxygen atoms in total. The average molecular weight is 370 g/mol. The van der Waals surface area contributed by atoms with E-state index in [4.69, 9.17) is 21.1 Å². The molecule has 7 heteroatoms. The zero-order valence-electron chi connectivity index (χ0n) is 15.5. The molecule has 0 radical (unpaired) electrons. The van der Waals surface area contributed by atoms with Gasteiger partial charge in [-0.3, -0.25) is 0 Å². The lowest BCUT2D eigenvalue weighted by atomic mass is 9.98. The molecule has 1 aliphatic rings. The molecule has 1 fully saturated rings. The van der Waals surface area contributed by atoms with Crippen molar-refractivity contribution in [2.75, 3.05) is 13.2 Å². The zero-order valence-corrected chi connectivity index (χ0v) is 16.3. The van der Waals surface area contributed by atoms with Gasteiger partial charge in [-0.25, -0.2) is 9.78 Å². The van der Waals surface area contributed by atoms with E-state index in [2.05, 4.69) is 9.97 Å². The average Bonchev–Trinajstić information content (AvgIpc) is 2.53. The number of carbonyl (C=O) groups is 1. The Labute approximate surface area is 154 Å². The zero-order chi connectivity index (χ0) is 18.4. The summed E-state index contributed by atoms with van der Waals surface area (Å²) in [4.78, 5) is 22.4. The minimum absolute atomic E-state index is 0.203. The maximum Gasteiger partial charge on any atom is 0.410 e. The normalized spacial score (nSPS) is 18.1. The van der Waals surface area contributed by atoms with Crippen LogP contribution in [0, 0.1) is 6.92 Å². The first kappa shape index (κ1) is 19.8. The Hall–Kier alpha value is -1.56. The number of halogens is 1. The van der Waals surface area contributed by atoms with Crippen molar-refractivity contribution >= 4 is 17.7 Å². The number of ether oxygens (including phenoxy) is 2. The van der Waals surface area contributed by atoms with Gasteiger partial charge in [0, 0.05) is 24.3 Å². The number of carbonyl (C=O) groups excluding carboxylic acids is 1. The summed E-state index contributed by atoms with van der Waals surface area (Å²) in [5, 5.41) is 0.411. The van der Waals surface area contributed by atoms with Gasteiger partial charge in [-0.2, -0.15) is 4.98 Å². The topological polar surface area (TPSA) is 64.5 Å². The first-order chi connectivity index (χ1) is 11.8. The van der Waals surface area contributed by atoms with Crippen molar-refractivity contribution in [2.45, 2.75) is 71.4 Å². The van der Waals surface area contributed by atoms with Gasteiger partial charge in [0.1, 0.15) is 10.8 Å². The van der Waals surface area contributed by atoms with Crippen molar-refractivity contribution in [3.8, 4) is 6.01 Å². The van der Waals surface area contributed by atoms with Gasteiger partial charge >= 0.3 is 12.1 Å². The summed E-state index contributed by atoms with van der Waals surface area (Å²) >= 11 is 5.97. The monoisotopic (exact) mass is 369 g/mol. The minimum atomic E-state index is -0.468. The summed E-state index contributed by atoms with van der Waals surface area (Å²) in [7, 11) is 0. The summed E-state index contributed by atoms with van der Waals surface area (Å²) in [6, 6.07) is 0.498. The first-order valence-electron chi connectivity index (χ1n) is 8.88. The highest BCUT2D eigenvalue weighted by atomic mass is 35.5. The molecule has 1 saturated heterocycles. The Morgan fingerprint density at radius 3 is 2.84 bits per heavy atom. The Bertz CT molecular complexity index is 589. The molecule has 1 aromatic heterocycles. The smallest absolute Gasteiger partial charge is 0.410 e. The molecule has 2 heterocycles. The third-order valence-electron chi connectivity index (χ3n) is 4.06. The van der Waals surface area contributed by atoms with Crippen molar-refractivity contribution in [3.63, 3.8) is 0 Å². The highest BCUT2D eigenvalue weighted by Gasteiger charge is 2.30. The second-order valence-corrected chi connectivity index (χ2v) is 7.80. The fraction of sp³-hybridized carbons (Fsp3) is 0.722. The molecule has 140 valence electrons. The lowest BCUT2D eigenvalue weighted by Crippen LogP contribution is -2.46. The van der Waals surface area contributed by atoms with Gasteiger partial charge in [-0.15, -0.1) is 0 Å². The highest BCUT2D eigenvalue weighted by Crippen LogP contribution is 2.23. The van der Waals surface area contributed by atoms with E-state index in [0.29, 0.717) is 17.8 Å². The van der Waals surface area contributed by atoms with E-state index in [9.17, 15) is 4.79 Å². The summed E-state index contributed by atoms with van der Waals surface area (Å²) in [6.45, 7) is 8.79. The van der Waals surface area contributed by atoms with Crippen LogP contribution in [-0.4, -0.2) is 45.8 Å². The van der Waals surface area contributed by atoms with E-state index in [1.54, 1.807) is 6.20 Å². The number of nitrogens with zero attached hydrogens (tertiary/aromatic N) is 3. The summed E-state index contributed by atoms with van der Waals surface area (Å²) < 4.78 is 11.1. The van der Waals surface area contributed by atoms with E-state index >= 15 is 0 Å². The van der Waals surface area contributed by atoms with Crippen molar-refractivity contribution in [3.05, 3.63) is 16.9 Å². The molecule has 1 atom stereocenters. The van der Waals surface area contributed by atoms with E-state index in [1.807, 2.05) is 32.6 Å². The number of piperidine rings is 1. The van der Waals surface area contributed by atoms with Crippen LogP contribution in [0.3, 0.4) is 0 Å². The van der Waals surface area contributed by atoms with Crippen LogP contribution in [-0.2, 0) is 4.74 Å². The number of amides is 1. The SMILES string of the molecule is Cc1cnc(OCCC[C@@H]2CCCCN2C(=O)OC(C)(C)C)nc1Cl. The van der Waals surface area contributed by atoms with Gasteiger partial charge in [0.25, 0.3) is 0 Å². The fourth-order valence-electron chi connectivity index (χ4n) is 2.82. The molecule has 0 bridgehead atoms. The van der Waals surface area contributed by atoms with E-state index in [0.717, 1.165) is 44.2 Å². The quantitative estimate of drug-likeness (QED) is 0.569. The lowest BCUT2D eigenvalue weighted by Gasteiger charge is -2.36. The van der Waals surface area contributed by atoms with E-state index in [1.165, 1.54) is 0 Å². The van der Waals surface area contributed by atoms with Gasteiger partial charge < -0.3 is 14.4 Å². The van der Waals surface area contributed by atoms with Crippen molar-refractivity contribution in [1.82, 2.24) is 14.9 Å². The standard InChI is InChI=1S/C18H28ClN3O3/c1-13-12-20-16(21-15(13)19)24-11-7-9-14-8-5-6-10-22(14)17(23)25-18(2,3)4/h12,14H,5-11H2,1-4H3/t14-/m0/s1. The molecular weight excluding hydrogens is 342 g/mol. The van der Waals surface area contributed by atoms with Gasteiger partial charge in [-0.1, -0.05) is 11.6 Å². The first-order valence-corrected chi connectivity index (χ1v) is 9.25. The number of hydrogen-bond acceptors (Lipinski definition) is 5. The van der Waals surface area contributed by atoms with Crippen LogP contribution >= 0.6 is 11.6 Å². The van der Waals surface area contributed by atoms with Crippen molar-refractivity contribution < 1.29 is 14.3 Å². The molecular formula is C18H28ClN3O3. The van der Waals surface area contributed by atoms with Crippen molar-refractivity contribution in [1.29, 1.82) is 0 Å². The summed E-state index contributed by atoms with van der Waals surface area (Å²) in [6.07, 6.45) is 6.30. The highest BCUT2D eigenvalue weighted by molar-refractivity contribution is 6.30. The Balaban J connectivity index is 1.81. The number of rotatable bonds is 5. The molecule has 0 aromatic carbocycles. The number of likely N-dealkylation sites (tertiary alicyclic amines) is 1. The summed E-state index contributed by atoms with van der Waals surface area (Å²) in [5.74, 6) is 0. The Morgan fingerprint density at radius 1 is 1.40 bits per heavy atom. The van der Waals surface area contributed by atoms with Crippen LogP contribution in [0.4, 0.5) is 4.79 Å². The van der Waals surface area contributed by atoms with E-state index < -0.39 is 5.60 Å². The maximum atomic E-state index is 12.4. The van der Waals surface area contributed by atoms with Crippen LogP contribution in [0.1, 0.15) is 58.4 Å². The molecule has 0 aliphatic carbocycles. The van der Waals surface area contributed by atoms with Crippen LogP contribution in [0.15, 0.2) is 6.20 Å². The second kappa shape index (κ2) is 8.70. The third-order valence-corrected chi connectivity index (χ3v) is 4.44. The second-order valence-electron chi connectivity index (χ2n) is 7.44. The van der Waals surface area contributed by atoms with Gasteiger partial charge in [0.05, 0.1) is 6.61 Å². The van der Waals surface area contributed by atoms with Gasteiger partial charge in [0.15, 0.2) is 0 Å². The van der Waals surface area contributed by atoms with Crippen LogP contribution in [0.2, 0.25) is 5.15 Å². The lowest BCUT2D eigenvalue weighted by molar-refractivity contribution is 0.00820. The molecule has 25 heavy (non-hydrogen) atoms. The van der Waals surface area contributed by atoms with Gasteiger partial charge in [0.2, 0.25) is 0 Å². The molecule has 0 unspecified atom stereocenters. The fourth-order valence-corrected chi connectivity index (χ4v) is 2.94. The number of aryl methyl sites for hydroxylation is 1. The largest absolute Gasteiger partial charge is 0.463 e. The molecule has 0 spiro atoms. The van der Waals surface area contributed by atoms with E-state index in [-0.39, 0.29) is 12.1 Å². The molecule has 0 N–H and O–H groups in total. The number of hydrogen-bond donors (Lipinski definition) is 0. The molecule has 0 saturated carbocycles. The van der Waals surface area contributed by atoms with Gasteiger partial charge in [-0.05, 0) is 59.8 Å². The van der Waals surface area contributed by atoms with Crippen LogP contribution in [0.5, 0.6) is 6.01 Å². The predicted octanol–water partition coefficient (Wildman–Crippen LogP) is 4.39. The predicted molar refractivity (Wildman–Crippen MR) is 97.1 cm³/mol. The summed E-state index contributed by atoms with van der Waals surface area (Å²) in [5.41, 5.74) is 0.355. The van der Waals surface area contributed by atoms with Crippen LogP contribution in [0.25, 0.3) is 0 Å². The molecule has 1 amide bonds. The Kier molecular flexibility index (Phi) is 6.87. The minimum Gasteiger partial charge on any atom is -0.463 e. The molecule has 1 aliphatic heterocycles. The third kappa shape index (κ3) is 6.34. The number of aromatic nitrogens is 2. The molecule has 1 aromatic rings. The maximum absolute atomic E-state index is 12.4.